The van der Waals surface area contributed by atoms with E-state index in [0.29, 0.717) is 23.3 Å². The smallest absolute Gasteiger partial charge is 0.235 e. The van der Waals surface area contributed by atoms with Crippen LogP contribution in [0.2, 0.25) is 0 Å². The Morgan fingerprint density at radius 2 is 1.88 bits per heavy atom. The van der Waals surface area contributed by atoms with Crippen molar-refractivity contribution in [2.75, 3.05) is 12.9 Å². The van der Waals surface area contributed by atoms with E-state index in [9.17, 15) is 18.0 Å². The molecule has 1 rings (SSSR count). The molecule has 0 aliphatic rings. The van der Waals surface area contributed by atoms with Gasteiger partial charge in [-0.05, 0) is 45.4 Å². The van der Waals surface area contributed by atoms with Gasteiger partial charge in [-0.2, -0.15) is 0 Å². The molecule has 0 saturated heterocycles. The van der Waals surface area contributed by atoms with E-state index in [2.05, 4.69) is 5.32 Å². The van der Waals surface area contributed by atoms with Crippen LogP contribution in [0.15, 0.2) is 18.2 Å². The van der Waals surface area contributed by atoms with Crippen LogP contribution in [0.3, 0.4) is 0 Å². The molecule has 0 aliphatic carbocycles. The van der Waals surface area contributed by atoms with Gasteiger partial charge in [0.1, 0.15) is 11.5 Å². The molecule has 0 bridgehead atoms. The second kappa shape index (κ2) is 7.79. The minimum absolute atomic E-state index is 0.168. The van der Waals surface area contributed by atoms with Crippen molar-refractivity contribution in [1.29, 1.82) is 0 Å². The van der Waals surface area contributed by atoms with Gasteiger partial charge in [0, 0.05) is 16.7 Å². The summed E-state index contributed by atoms with van der Waals surface area (Å²) in [5.41, 5.74) is 0.309. The maximum Gasteiger partial charge on any atom is 0.235 e. The Hall–Kier alpha value is -1.89. The zero-order valence-electron chi connectivity index (χ0n) is 14.8. The number of methoxy groups -OCH3 is 1. The van der Waals surface area contributed by atoms with Gasteiger partial charge in [0.2, 0.25) is 5.91 Å². The fraction of sp³-hybridized carbons (Fsp3) is 0.529. The molecule has 1 N–H and O–H groups in total. The van der Waals surface area contributed by atoms with Crippen molar-refractivity contribution in [2.45, 2.75) is 45.4 Å². The number of rotatable bonds is 8. The van der Waals surface area contributed by atoms with Gasteiger partial charge in [-0.3, -0.25) is 9.59 Å². The Labute approximate surface area is 143 Å². The zero-order valence-corrected chi connectivity index (χ0v) is 15.6. The average Bonchev–Trinajstić information content (AvgIpc) is 2.45. The van der Waals surface area contributed by atoms with Crippen molar-refractivity contribution in [2.24, 2.45) is 0 Å². The molecular weight excluding hydrogens is 330 g/mol. The fourth-order valence-corrected chi connectivity index (χ4v) is 3.37. The second-order valence-electron chi connectivity index (χ2n) is 6.40. The number of amides is 1. The zero-order chi connectivity index (χ0) is 18.5. The highest BCUT2D eigenvalue weighted by Crippen LogP contribution is 2.23. The fourth-order valence-electron chi connectivity index (χ4n) is 2.10. The first-order valence-corrected chi connectivity index (χ1v) is 9.51. The molecule has 0 atom stereocenters. The first-order valence-electron chi connectivity index (χ1n) is 7.69. The minimum atomic E-state index is -3.69. The molecular formula is C17H25NO5S. The molecule has 0 aromatic heterocycles. The molecule has 134 valence electrons. The quantitative estimate of drug-likeness (QED) is 0.722. The largest absolute Gasteiger partial charge is 0.496 e. The molecule has 0 radical (unpaired) electrons. The Morgan fingerprint density at radius 1 is 1.25 bits per heavy atom. The Kier molecular flexibility index (Phi) is 6.54. The highest BCUT2D eigenvalue weighted by molar-refractivity contribution is 7.91. The van der Waals surface area contributed by atoms with E-state index in [4.69, 9.17) is 4.74 Å². The highest BCUT2D eigenvalue weighted by atomic mass is 32.2. The van der Waals surface area contributed by atoms with Crippen LogP contribution in [0.4, 0.5) is 0 Å². The average molecular weight is 355 g/mol. The molecule has 7 heteroatoms. The molecule has 24 heavy (non-hydrogen) atoms. The van der Waals surface area contributed by atoms with E-state index in [1.54, 1.807) is 12.1 Å². The molecule has 1 aromatic rings. The summed E-state index contributed by atoms with van der Waals surface area (Å²) < 4.78 is 29.8. The monoisotopic (exact) mass is 355 g/mol. The molecule has 0 saturated carbocycles. The Bertz CT molecular complexity index is 722. The van der Waals surface area contributed by atoms with Crippen LogP contribution in [-0.2, 0) is 20.4 Å². The highest BCUT2D eigenvalue weighted by Gasteiger charge is 2.24. The van der Waals surface area contributed by atoms with Crippen LogP contribution in [0.5, 0.6) is 5.75 Å². The SMILES string of the molecule is CCC(C)(C)NC(=O)CS(=O)(=O)Cc1cc(C(C)=O)ccc1OC. The lowest BCUT2D eigenvalue weighted by molar-refractivity contribution is -0.120. The number of Topliss-reactive ketones (excluding diaryl/α,β-unsaturated/α-hetero) is 1. The van der Waals surface area contributed by atoms with Crippen LogP contribution in [-0.4, -0.2) is 38.5 Å². The van der Waals surface area contributed by atoms with E-state index in [0.717, 1.165) is 0 Å². The van der Waals surface area contributed by atoms with Crippen LogP contribution in [0, 0.1) is 0 Å². The third kappa shape index (κ3) is 5.96. The predicted molar refractivity (Wildman–Crippen MR) is 93.0 cm³/mol. The summed E-state index contributed by atoms with van der Waals surface area (Å²) in [6, 6.07) is 4.63. The van der Waals surface area contributed by atoms with Gasteiger partial charge in [-0.1, -0.05) is 6.92 Å². The summed E-state index contributed by atoms with van der Waals surface area (Å²) in [5, 5.41) is 2.70. The number of hydrogen-bond donors (Lipinski definition) is 1. The number of benzene rings is 1. The van der Waals surface area contributed by atoms with Crippen LogP contribution < -0.4 is 10.1 Å². The van der Waals surface area contributed by atoms with E-state index in [1.807, 2.05) is 20.8 Å². The number of hydrogen-bond acceptors (Lipinski definition) is 5. The second-order valence-corrected chi connectivity index (χ2v) is 8.47. The van der Waals surface area contributed by atoms with Crippen LogP contribution in [0.1, 0.15) is 50.0 Å². The van der Waals surface area contributed by atoms with Gasteiger partial charge in [0.15, 0.2) is 15.6 Å². The number of carbonyl (C=O) groups is 2. The van der Waals surface area contributed by atoms with E-state index >= 15 is 0 Å². The molecule has 1 aromatic carbocycles. The number of ketones is 1. The summed E-state index contributed by atoms with van der Waals surface area (Å²) in [6.07, 6.45) is 0.688. The topological polar surface area (TPSA) is 89.5 Å². The van der Waals surface area contributed by atoms with Crippen molar-refractivity contribution in [3.8, 4) is 5.75 Å². The number of nitrogens with one attached hydrogen (secondary N) is 1. The van der Waals surface area contributed by atoms with Gasteiger partial charge in [0.25, 0.3) is 0 Å². The maximum absolute atomic E-state index is 12.3. The summed E-state index contributed by atoms with van der Waals surface area (Å²) >= 11 is 0. The summed E-state index contributed by atoms with van der Waals surface area (Å²) in [7, 11) is -2.27. The van der Waals surface area contributed by atoms with Gasteiger partial charge in [0.05, 0.1) is 12.9 Å². The van der Waals surface area contributed by atoms with Crippen molar-refractivity contribution in [3.05, 3.63) is 29.3 Å². The van der Waals surface area contributed by atoms with E-state index in [1.165, 1.54) is 20.1 Å². The van der Waals surface area contributed by atoms with Crippen molar-refractivity contribution in [3.63, 3.8) is 0 Å². The van der Waals surface area contributed by atoms with E-state index in [-0.39, 0.29) is 11.5 Å². The molecule has 1 amide bonds. The molecule has 0 fully saturated rings. The van der Waals surface area contributed by atoms with Crippen molar-refractivity contribution >= 4 is 21.5 Å². The summed E-state index contributed by atoms with van der Waals surface area (Å²) in [6.45, 7) is 6.97. The molecule has 0 spiro atoms. The van der Waals surface area contributed by atoms with Gasteiger partial charge < -0.3 is 10.1 Å². The molecule has 0 aliphatic heterocycles. The van der Waals surface area contributed by atoms with Crippen LogP contribution >= 0.6 is 0 Å². The third-order valence-corrected chi connectivity index (χ3v) is 5.23. The molecule has 6 nitrogen and oxygen atoms in total. The molecule has 0 unspecified atom stereocenters. The van der Waals surface area contributed by atoms with Crippen LogP contribution in [0.25, 0.3) is 0 Å². The van der Waals surface area contributed by atoms with E-state index < -0.39 is 27.0 Å². The lowest BCUT2D eigenvalue weighted by atomic mass is 10.0. The number of carbonyl (C=O) groups excluding carboxylic acids is 2. The normalized spacial score (nSPS) is 11.9. The van der Waals surface area contributed by atoms with Gasteiger partial charge >= 0.3 is 0 Å². The lowest BCUT2D eigenvalue weighted by Crippen LogP contribution is -2.45. The van der Waals surface area contributed by atoms with Crippen molar-refractivity contribution in [1.82, 2.24) is 5.32 Å². The molecule has 0 heterocycles. The first kappa shape index (κ1) is 20.2. The summed E-state index contributed by atoms with van der Waals surface area (Å²) in [4.78, 5) is 23.5. The summed E-state index contributed by atoms with van der Waals surface area (Å²) in [5.74, 6) is -1.30. The third-order valence-electron chi connectivity index (χ3n) is 3.78. The maximum atomic E-state index is 12.3. The lowest BCUT2D eigenvalue weighted by Gasteiger charge is -2.24. The number of sulfone groups is 1. The van der Waals surface area contributed by atoms with Gasteiger partial charge in [-0.15, -0.1) is 0 Å². The first-order chi connectivity index (χ1) is 11.0. The predicted octanol–water partition coefficient (Wildman–Crippen LogP) is 2.12. The minimum Gasteiger partial charge on any atom is -0.496 e. The Morgan fingerprint density at radius 3 is 2.38 bits per heavy atom. The van der Waals surface area contributed by atoms with Crippen molar-refractivity contribution < 1.29 is 22.7 Å². The standard InChI is InChI=1S/C17H25NO5S/c1-6-17(3,4)18-16(20)11-24(21,22)10-14-9-13(12(2)19)7-8-15(14)23-5/h7-9H,6,10-11H2,1-5H3,(H,18,20). The Balaban J connectivity index is 2.96. The van der Waals surface area contributed by atoms with Gasteiger partial charge in [-0.25, -0.2) is 8.42 Å². The number of ether oxygens (including phenoxy) is 1.